The molecule has 2 heterocycles. The van der Waals surface area contributed by atoms with Crippen LogP contribution in [0.5, 0.6) is 0 Å². The van der Waals surface area contributed by atoms with Crippen LogP contribution in [0.25, 0.3) is 10.8 Å². The number of hydrogen-bond acceptors (Lipinski definition) is 2. The molecule has 3 heteroatoms. The number of H-pyrrole nitrogens is 1. The van der Waals surface area contributed by atoms with E-state index in [0.29, 0.717) is 0 Å². The van der Waals surface area contributed by atoms with E-state index < -0.39 is 0 Å². The molecule has 17 heavy (non-hydrogen) atoms. The Bertz CT molecular complexity index is 609. The highest BCUT2D eigenvalue weighted by Crippen LogP contribution is 2.22. The molecule has 2 N–H and O–H groups in total. The van der Waals surface area contributed by atoms with Gasteiger partial charge in [0, 0.05) is 35.4 Å². The molecule has 1 aromatic carbocycles. The second kappa shape index (κ2) is 4.29. The van der Waals surface area contributed by atoms with E-state index in [1.807, 2.05) is 30.7 Å². The number of anilines is 1. The van der Waals surface area contributed by atoms with Crippen molar-refractivity contribution in [3.63, 3.8) is 0 Å². The number of aromatic nitrogens is 2. The molecule has 0 bridgehead atoms. The van der Waals surface area contributed by atoms with E-state index in [2.05, 4.69) is 39.6 Å². The molecule has 3 aromatic rings. The third-order valence-electron chi connectivity index (χ3n) is 2.82. The summed E-state index contributed by atoms with van der Waals surface area (Å²) < 4.78 is 0. The van der Waals surface area contributed by atoms with E-state index in [9.17, 15) is 0 Å². The van der Waals surface area contributed by atoms with Crippen molar-refractivity contribution in [1.29, 1.82) is 0 Å². The van der Waals surface area contributed by atoms with Crippen LogP contribution < -0.4 is 5.32 Å². The molecular formula is C14H13N3. The summed E-state index contributed by atoms with van der Waals surface area (Å²) >= 11 is 0. The van der Waals surface area contributed by atoms with Crippen LogP contribution >= 0.6 is 0 Å². The lowest BCUT2D eigenvalue weighted by atomic mass is 10.1. The van der Waals surface area contributed by atoms with Crippen LogP contribution in [0.3, 0.4) is 0 Å². The molecule has 0 fully saturated rings. The maximum atomic E-state index is 4.17. The normalized spacial score (nSPS) is 10.6. The fraction of sp³-hybridized carbons (Fsp3) is 0.0714. The highest BCUT2D eigenvalue weighted by Gasteiger charge is 2.00. The van der Waals surface area contributed by atoms with Crippen LogP contribution in [0.4, 0.5) is 5.69 Å². The quantitative estimate of drug-likeness (QED) is 0.716. The van der Waals surface area contributed by atoms with E-state index in [4.69, 9.17) is 0 Å². The van der Waals surface area contributed by atoms with Gasteiger partial charge in [-0.25, -0.2) is 0 Å². The van der Waals surface area contributed by atoms with Crippen molar-refractivity contribution in [3.05, 3.63) is 60.7 Å². The zero-order valence-electron chi connectivity index (χ0n) is 9.35. The van der Waals surface area contributed by atoms with Crippen LogP contribution in [0.2, 0.25) is 0 Å². The maximum absolute atomic E-state index is 4.17. The second-order valence-electron chi connectivity index (χ2n) is 3.95. The van der Waals surface area contributed by atoms with E-state index in [0.717, 1.165) is 17.6 Å². The highest BCUT2D eigenvalue weighted by atomic mass is 14.9. The lowest BCUT2D eigenvalue weighted by Gasteiger charge is -2.08. The van der Waals surface area contributed by atoms with Crippen LogP contribution in [0.15, 0.2) is 55.0 Å². The zero-order valence-corrected chi connectivity index (χ0v) is 9.35. The first-order chi connectivity index (χ1) is 8.43. The Hall–Kier alpha value is -2.29. The lowest BCUT2D eigenvalue weighted by Crippen LogP contribution is -2.00. The summed E-state index contributed by atoms with van der Waals surface area (Å²) in [7, 11) is 0. The fourth-order valence-electron chi connectivity index (χ4n) is 1.94. The summed E-state index contributed by atoms with van der Waals surface area (Å²) in [5.41, 5.74) is 2.29. The average molecular weight is 223 g/mol. The topological polar surface area (TPSA) is 40.7 Å². The van der Waals surface area contributed by atoms with Crippen molar-refractivity contribution < 1.29 is 0 Å². The molecule has 0 aliphatic heterocycles. The molecule has 0 radical (unpaired) electrons. The van der Waals surface area contributed by atoms with Gasteiger partial charge < -0.3 is 10.3 Å². The number of nitrogens with zero attached hydrogens (tertiary/aromatic N) is 1. The summed E-state index contributed by atoms with van der Waals surface area (Å²) in [5, 5.41) is 5.78. The van der Waals surface area contributed by atoms with Crippen LogP contribution in [0.1, 0.15) is 5.69 Å². The molecule has 3 rings (SSSR count). The van der Waals surface area contributed by atoms with Gasteiger partial charge in [-0.3, -0.25) is 4.98 Å². The van der Waals surface area contributed by atoms with E-state index >= 15 is 0 Å². The van der Waals surface area contributed by atoms with E-state index in [-0.39, 0.29) is 0 Å². The Balaban J connectivity index is 1.90. The molecule has 0 saturated heterocycles. The highest BCUT2D eigenvalue weighted by molar-refractivity contribution is 5.92. The molecule has 3 nitrogen and oxygen atoms in total. The largest absolute Gasteiger partial charge is 0.379 e. The van der Waals surface area contributed by atoms with Crippen molar-refractivity contribution in [1.82, 2.24) is 9.97 Å². The minimum absolute atomic E-state index is 0.793. The molecule has 0 aliphatic rings. The maximum Gasteiger partial charge on any atom is 0.0551 e. The minimum atomic E-state index is 0.793. The first-order valence-corrected chi connectivity index (χ1v) is 5.62. The van der Waals surface area contributed by atoms with Gasteiger partial charge in [-0.05, 0) is 29.7 Å². The van der Waals surface area contributed by atoms with E-state index in [1.165, 1.54) is 11.1 Å². The Morgan fingerprint density at radius 3 is 3.00 bits per heavy atom. The van der Waals surface area contributed by atoms with Crippen LogP contribution in [-0.4, -0.2) is 9.97 Å². The predicted molar refractivity (Wildman–Crippen MR) is 69.9 cm³/mol. The standard InChI is InChI=1S/C14H13N3/c1-3-11-6-8-15-10-13(11)14(5-1)17-9-12-4-2-7-16-12/h1-8,10,16-17H,9H2. The molecule has 0 spiro atoms. The summed E-state index contributed by atoms with van der Waals surface area (Å²) in [6.45, 7) is 0.793. The van der Waals surface area contributed by atoms with Crippen LogP contribution in [-0.2, 0) is 6.54 Å². The van der Waals surface area contributed by atoms with Crippen molar-refractivity contribution in [2.45, 2.75) is 6.54 Å². The molecule has 0 saturated carbocycles. The first kappa shape index (κ1) is 9.90. The Labute approximate surface area is 99.5 Å². The number of fused-ring (bicyclic) bond motifs is 1. The molecule has 84 valence electrons. The average Bonchev–Trinajstić information content (AvgIpc) is 2.89. The number of benzene rings is 1. The minimum Gasteiger partial charge on any atom is -0.379 e. The number of aromatic amines is 1. The lowest BCUT2D eigenvalue weighted by molar-refractivity contribution is 1.08. The van der Waals surface area contributed by atoms with Gasteiger partial charge in [0.25, 0.3) is 0 Å². The molecule has 0 amide bonds. The summed E-state index contributed by atoms with van der Waals surface area (Å²) in [5.74, 6) is 0. The fourth-order valence-corrected chi connectivity index (χ4v) is 1.94. The van der Waals surface area contributed by atoms with Crippen molar-refractivity contribution in [2.24, 2.45) is 0 Å². The van der Waals surface area contributed by atoms with Crippen LogP contribution in [0, 0.1) is 0 Å². The Morgan fingerprint density at radius 2 is 2.12 bits per heavy atom. The Morgan fingerprint density at radius 1 is 1.12 bits per heavy atom. The Kier molecular flexibility index (Phi) is 2.50. The van der Waals surface area contributed by atoms with Gasteiger partial charge in [0.05, 0.1) is 6.54 Å². The van der Waals surface area contributed by atoms with Crippen molar-refractivity contribution in [3.8, 4) is 0 Å². The third-order valence-corrected chi connectivity index (χ3v) is 2.82. The summed E-state index contributed by atoms with van der Waals surface area (Å²) in [6, 6.07) is 12.3. The second-order valence-corrected chi connectivity index (χ2v) is 3.95. The van der Waals surface area contributed by atoms with Crippen molar-refractivity contribution >= 4 is 16.5 Å². The summed E-state index contributed by atoms with van der Waals surface area (Å²) in [4.78, 5) is 7.35. The van der Waals surface area contributed by atoms with Gasteiger partial charge in [-0.2, -0.15) is 0 Å². The van der Waals surface area contributed by atoms with Gasteiger partial charge in [0.15, 0.2) is 0 Å². The molecule has 0 aliphatic carbocycles. The van der Waals surface area contributed by atoms with Gasteiger partial charge in [-0.15, -0.1) is 0 Å². The number of pyridine rings is 1. The molecule has 0 atom stereocenters. The van der Waals surface area contributed by atoms with Gasteiger partial charge in [0.1, 0.15) is 0 Å². The third kappa shape index (κ3) is 1.99. The molecular weight excluding hydrogens is 210 g/mol. The first-order valence-electron chi connectivity index (χ1n) is 5.62. The zero-order chi connectivity index (χ0) is 11.5. The summed E-state index contributed by atoms with van der Waals surface area (Å²) in [6.07, 6.45) is 5.64. The molecule has 2 aromatic heterocycles. The van der Waals surface area contributed by atoms with E-state index in [1.54, 1.807) is 0 Å². The van der Waals surface area contributed by atoms with Gasteiger partial charge >= 0.3 is 0 Å². The SMILES string of the molecule is c1c[nH]c(CNc2cccc3ccncc23)c1. The predicted octanol–water partition coefficient (Wildman–Crippen LogP) is 3.18. The van der Waals surface area contributed by atoms with Crippen molar-refractivity contribution in [2.75, 3.05) is 5.32 Å². The smallest absolute Gasteiger partial charge is 0.0551 e. The van der Waals surface area contributed by atoms with Gasteiger partial charge in [-0.1, -0.05) is 12.1 Å². The monoisotopic (exact) mass is 223 g/mol. The number of hydrogen-bond donors (Lipinski definition) is 2. The van der Waals surface area contributed by atoms with Gasteiger partial charge in [0.2, 0.25) is 0 Å². The molecule has 0 unspecified atom stereocenters. The number of nitrogens with one attached hydrogen (secondary N) is 2. The number of rotatable bonds is 3.